The Labute approximate surface area is 98.3 Å². The zero-order chi connectivity index (χ0) is 12.0. The van der Waals surface area contributed by atoms with E-state index < -0.39 is 0 Å². The number of rotatable bonds is 1. The second-order valence-electron chi connectivity index (χ2n) is 4.40. The van der Waals surface area contributed by atoms with E-state index in [0.29, 0.717) is 18.7 Å². The van der Waals surface area contributed by atoms with Crippen LogP contribution in [0.4, 0.5) is 4.79 Å². The van der Waals surface area contributed by atoms with Crippen LogP contribution in [-0.2, 0) is 7.05 Å². The van der Waals surface area contributed by atoms with Crippen molar-refractivity contribution < 1.29 is 4.79 Å². The summed E-state index contributed by atoms with van der Waals surface area (Å²) in [5, 5.41) is 2.88. The molecule has 3 heterocycles. The largest absolute Gasteiger partial charge is 0.329 e. The summed E-state index contributed by atoms with van der Waals surface area (Å²) in [5.41, 5.74) is 1.60. The monoisotopic (exact) mass is 231 g/mol. The summed E-state index contributed by atoms with van der Waals surface area (Å²) in [4.78, 5) is 25.2. The predicted molar refractivity (Wildman–Crippen MR) is 63.6 cm³/mol. The van der Waals surface area contributed by atoms with E-state index in [-0.39, 0.29) is 17.6 Å². The Bertz CT molecular complexity index is 573. The van der Waals surface area contributed by atoms with Gasteiger partial charge in [0.25, 0.3) is 5.56 Å². The Morgan fingerprint density at radius 2 is 2.24 bits per heavy atom. The van der Waals surface area contributed by atoms with Gasteiger partial charge in [0.1, 0.15) is 0 Å². The highest BCUT2D eigenvalue weighted by atomic mass is 16.2. The molecule has 1 unspecified atom stereocenters. The molecule has 1 atom stereocenters. The number of hydrogen-bond acceptors (Lipinski definition) is 2. The lowest BCUT2D eigenvalue weighted by atomic mass is 9.97. The molecule has 5 heteroatoms. The zero-order valence-corrected chi connectivity index (χ0v) is 9.51. The van der Waals surface area contributed by atoms with Crippen molar-refractivity contribution in [3.05, 3.63) is 40.3 Å². The minimum atomic E-state index is -0.0497. The second-order valence-corrected chi connectivity index (χ2v) is 4.40. The average Bonchev–Trinajstić information content (AvgIpc) is 2.60. The number of aromatic nitrogens is 1. The van der Waals surface area contributed by atoms with Gasteiger partial charge < -0.3 is 14.8 Å². The lowest BCUT2D eigenvalue weighted by molar-refractivity contribution is 0.222. The van der Waals surface area contributed by atoms with E-state index in [1.807, 2.05) is 18.2 Å². The Hall–Kier alpha value is -2.04. The van der Waals surface area contributed by atoms with E-state index in [4.69, 9.17) is 0 Å². The maximum Gasteiger partial charge on any atom is 0.318 e. The normalized spacial score (nSPS) is 22.4. The summed E-state index contributed by atoms with van der Waals surface area (Å²) in [5.74, 6) is 0. The molecule has 2 amide bonds. The topological polar surface area (TPSA) is 54.3 Å². The van der Waals surface area contributed by atoms with Crippen molar-refractivity contribution in [1.82, 2.24) is 14.8 Å². The maximum absolute atomic E-state index is 12.0. The van der Waals surface area contributed by atoms with E-state index in [9.17, 15) is 9.59 Å². The van der Waals surface area contributed by atoms with Crippen LogP contribution in [-0.4, -0.2) is 34.6 Å². The maximum atomic E-state index is 12.0. The van der Waals surface area contributed by atoms with Gasteiger partial charge >= 0.3 is 6.03 Å². The molecule has 2 aliphatic rings. The van der Waals surface area contributed by atoms with Gasteiger partial charge in [-0.05, 0) is 17.7 Å². The van der Waals surface area contributed by atoms with Crippen molar-refractivity contribution in [3.8, 4) is 0 Å². The van der Waals surface area contributed by atoms with E-state index in [1.165, 1.54) is 0 Å². The summed E-state index contributed by atoms with van der Waals surface area (Å²) in [6.07, 6.45) is 3.69. The van der Waals surface area contributed by atoms with Crippen molar-refractivity contribution in [2.45, 2.75) is 6.04 Å². The van der Waals surface area contributed by atoms with Crippen molar-refractivity contribution >= 4 is 11.6 Å². The minimum Gasteiger partial charge on any atom is -0.329 e. The van der Waals surface area contributed by atoms with Gasteiger partial charge in [-0.15, -0.1) is 0 Å². The number of amides is 2. The number of urea groups is 1. The summed E-state index contributed by atoms with van der Waals surface area (Å²) in [7, 11) is 1.73. The first kappa shape index (κ1) is 10.1. The smallest absolute Gasteiger partial charge is 0.318 e. The standard InChI is InChI=1S/C12H13N3O2/c1-14-5-2-3-9(11(14)16)8-4-6-15-7-10(8)13-12(15)17/h2-5,10H,6-7H2,1H3,(H,13,17). The third-order valence-electron chi connectivity index (χ3n) is 3.33. The van der Waals surface area contributed by atoms with Crippen molar-refractivity contribution in [2.75, 3.05) is 13.1 Å². The molecule has 1 aromatic rings. The molecule has 1 N–H and O–H groups in total. The number of hydrogen-bond donors (Lipinski definition) is 1. The highest BCUT2D eigenvalue weighted by Crippen LogP contribution is 2.24. The molecule has 0 spiro atoms. The highest BCUT2D eigenvalue weighted by molar-refractivity contribution is 5.85. The number of carbonyl (C=O) groups is 1. The van der Waals surface area contributed by atoms with Gasteiger partial charge in [0.15, 0.2) is 0 Å². The molecule has 2 aliphatic heterocycles. The fraction of sp³-hybridized carbons (Fsp3) is 0.333. The van der Waals surface area contributed by atoms with Crippen LogP contribution in [0.3, 0.4) is 0 Å². The molecule has 17 heavy (non-hydrogen) atoms. The van der Waals surface area contributed by atoms with Crippen LogP contribution in [0, 0.1) is 0 Å². The van der Waals surface area contributed by atoms with Gasteiger partial charge in [0.2, 0.25) is 0 Å². The van der Waals surface area contributed by atoms with E-state index in [2.05, 4.69) is 5.32 Å². The summed E-state index contributed by atoms with van der Waals surface area (Å²) in [6, 6.07) is 3.56. The number of pyridine rings is 1. The van der Waals surface area contributed by atoms with Gasteiger partial charge in [0, 0.05) is 31.9 Å². The van der Waals surface area contributed by atoms with Crippen LogP contribution in [0.1, 0.15) is 5.56 Å². The molecule has 0 radical (unpaired) electrons. The lowest BCUT2D eigenvalue weighted by Crippen LogP contribution is -2.32. The SMILES string of the molecule is Cn1cccc(C2=CCN3CC2NC3=O)c1=O. The molecule has 2 bridgehead atoms. The number of carbonyl (C=O) groups excluding carboxylic acids is 1. The number of fused-ring (bicyclic) bond motifs is 2. The summed E-state index contributed by atoms with van der Waals surface area (Å²) in [6.45, 7) is 1.23. The van der Waals surface area contributed by atoms with Crippen molar-refractivity contribution in [1.29, 1.82) is 0 Å². The van der Waals surface area contributed by atoms with E-state index in [1.54, 1.807) is 22.7 Å². The van der Waals surface area contributed by atoms with Gasteiger partial charge in [-0.1, -0.05) is 6.08 Å². The third-order valence-corrected chi connectivity index (χ3v) is 3.33. The van der Waals surface area contributed by atoms with Gasteiger partial charge in [-0.3, -0.25) is 4.79 Å². The summed E-state index contributed by atoms with van der Waals surface area (Å²) >= 11 is 0. The zero-order valence-electron chi connectivity index (χ0n) is 9.51. The molecular formula is C12H13N3O2. The minimum absolute atomic E-state index is 0.0200. The number of nitrogens with zero attached hydrogens (tertiary/aromatic N) is 2. The van der Waals surface area contributed by atoms with Crippen molar-refractivity contribution in [2.24, 2.45) is 7.05 Å². The fourth-order valence-electron chi connectivity index (χ4n) is 2.39. The summed E-state index contributed by atoms with van der Waals surface area (Å²) < 4.78 is 1.55. The predicted octanol–water partition coefficient (Wildman–Crippen LogP) is 0.176. The highest BCUT2D eigenvalue weighted by Gasteiger charge is 2.35. The van der Waals surface area contributed by atoms with Crippen LogP contribution in [0.25, 0.3) is 5.57 Å². The Morgan fingerprint density at radius 3 is 3.06 bits per heavy atom. The number of aryl methyl sites for hydroxylation is 1. The van der Waals surface area contributed by atoms with Crippen LogP contribution >= 0.6 is 0 Å². The number of nitrogens with one attached hydrogen (secondary N) is 1. The van der Waals surface area contributed by atoms with Gasteiger partial charge in [0.05, 0.1) is 6.04 Å². The first-order chi connectivity index (χ1) is 8.16. The molecule has 1 fully saturated rings. The second kappa shape index (κ2) is 3.48. The molecule has 0 saturated carbocycles. The molecule has 5 nitrogen and oxygen atoms in total. The Morgan fingerprint density at radius 1 is 1.41 bits per heavy atom. The van der Waals surface area contributed by atoms with Gasteiger partial charge in [-0.2, -0.15) is 0 Å². The van der Waals surface area contributed by atoms with Crippen LogP contribution in [0.15, 0.2) is 29.2 Å². The lowest BCUT2D eigenvalue weighted by Gasteiger charge is -2.21. The molecule has 1 aromatic heterocycles. The fourth-order valence-corrected chi connectivity index (χ4v) is 2.39. The Kier molecular flexibility index (Phi) is 2.07. The third kappa shape index (κ3) is 1.46. The first-order valence-corrected chi connectivity index (χ1v) is 5.58. The van der Waals surface area contributed by atoms with E-state index >= 15 is 0 Å². The van der Waals surface area contributed by atoms with Gasteiger partial charge in [-0.25, -0.2) is 4.79 Å². The molecule has 0 aliphatic carbocycles. The van der Waals surface area contributed by atoms with E-state index in [0.717, 1.165) is 5.57 Å². The molecular weight excluding hydrogens is 218 g/mol. The van der Waals surface area contributed by atoms with Crippen LogP contribution < -0.4 is 10.9 Å². The molecule has 1 saturated heterocycles. The Balaban J connectivity index is 2.06. The molecule has 3 rings (SSSR count). The molecule has 0 aromatic carbocycles. The van der Waals surface area contributed by atoms with Crippen molar-refractivity contribution in [3.63, 3.8) is 0 Å². The van der Waals surface area contributed by atoms with Crippen LogP contribution in [0.5, 0.6) is 0 Å². The molecule has 88 valence electrons. The first-order valence-electron chi connectivity index (χ1n) is 5.58. The quantitative estimate of drug-likeness (QED) is 0.749. The van der Waals surface area contributed by atoms with Crippen LogP contribution in [0.2, 0.25) is 0 Å². The average molecular weight is 231 g/mol.